The number of esters is 1. The van der Waals surface area contributed by atoms with Crippen molar-refractivity contribution in [1.29, 1.82) is 0 Å². The van der Waals surface area contributed by atoms with Gasteiger partial charge in [0.2, 0.25) is 0 Å². The highest BCUT2D eigenvalue weighted by Crippen LogP contribution is 2.21. The molecule has 0 bridgehead atoms. The zero-order valence-electron chi connectivity index (χ0n) is 11.1. The van der Waals surface area contributed by atoms with E-state index in [-0.39, 0.29) is 11.6 Å². The highest BCUT2D eigenvalue weighted by molar-refractivity contribution is 5.81. The molecule has 0 radical (unpaired) electrons. The topological polar surface area (TPSA) is 35.5 Å². The molecule has 0 fully saturated rings. The number of rotatable bonds is 6. The van der Waals surface area contributed by atoms with Gasteiger partial charge in [-0.3, -0.25) is 0 Å². The molecular weight excluding hydrogens is 204 g/mol. The average Bonchev–Trinajstić information content (AvgIpc) is 2.15. The summed E-state index contributed by atoms with van der Waals surface area (Å²) in [6, 6.07) is 0. The molecule has 0 aliphatic heterocycles. The second kappa shape index (κ2) is 6.04. The van der Waals surface area contributed by atoms with Crippen LogP contribution in [0.1, 0.15) is 47.5 Å². The van der Waals surface area contributed by atoms with Crippen LogP contribution in [-0.4, -0.2) is 23.8 Å². The van der Waals surface area contributed by atoms with E-state index in [1.165, 1.54) is 6.08 Å². The molecule has 1 unspecified atom stereocenters. The maximum atomic E-state index is 11.2. The van der Waals surface area contributed by atoms with Gasteiger partial charge in [0.15, 0.2) is 0 Å². The highest BCUT2D eigenvalue weighted by atomic mass is 16.6. The molecule has 0 N–H and O–H groups in total. The molecule has 0 spiro atoms. The summed E-state index contributed by atoms with van der Waals surface area (Å²) in [4.78, 5) is 11.2. The lowest BCUT2D eigenvalue weighted by Gasteiger charge is -2.29. The van der Waals surface area contributed by atoms with Gasteiger partial charge < -0.3 is 9.47 Å². The van der Waals surface area contributed by atoms with Gasteiger partial charge in [-0.15, -0.1) is 0 Å². The van der Waals surface area contributed by atoms with Crippen molar-refractivity contribution in [1.82, 2.24) is 0 Å². The van der Waals surface area contributed by atoms with Gasteiger partial charge in [0.05, 0.1) is 12.2 Å². The van der Waals surface area contributed by atoms with E-state index in [4.69, 9.17) is 9.47 Å². The Morgan fingerprint density at radius 3 is 2.25 bits per heavy atom. The predicted molar refractivity (Wildman–Crippen MR) is 65.3 cm³/mol. The van der Waals surface area contributed by atoms with Crippen LogP contribution in [0.25, 0.3) is 0 Å². The highest BCUT2D eigenvalue weighted by Gasteiger charge is 2.26. The first kappa shape index (κ1) is 15.2. The van der Waals surface area contributed by atoms with Crippen LogP contribution in [0, 0.1) is 0 Å². The molecule has 0 aliphatic rings. The Labute approximate surface area is 98.8 Å². The average molecular weight is 228 g/mol. The lowest BCUT2D eigenvalue weighted by Crippen LogP contribution is -2.33. The van der Waals surface area contributed by atoms with Crippen molar-refractivity contribution in [2.75, 3.05) is 6.61 Å². The van der Waals surface area contributed by atoms with Gasteiger partial charge in [-0.25, -0.2) is 4.79 Å². The van der Waals surface area contributed by atoms with Gasteiger partial charge in [0, 0.05) is 12.5 Å². The zero-order valence-corrected chi connectivity index (χ0v) is 11.1. The molecule has 0 aromatic heterocycles. The summed E-state index contributed by atoms with van der Waals surface area (Å²) in [6.07, 6.45) is 2.65. The largest absolute Gasteiger partial charge is 0.456 e. The molecule has 94 valence electrons. The smallest absolute Gasteiger partial charge is 0.330 e. The van der Waals surface area contributed by atoms with Crippen molar-refractivity contribution in [2.24, 2.45) is 0 Å². The number of carbonyl (C=O) groups excluding carboxylic acids is 1. The SMILES string of the molecule is C=CC(=O)OC(C)(CC)CCOC(C)(C)C. The summed E-state index contributed by atoms with van der Waals surface area (Å²) in [5.41, 5.74) is -0.617. The van der Waals surface area contributed by atoms with Gasteiger partial charge in [0.25, 0.3) is 0 Å². The Morgan fingerprint density at radius 2 is 1.88 bits per heavy atom. The summed E-state index contributed by atoms with van der Waals surface area (Å²) in [6.45, 7) is 13.9. The van der Waals surface area contributed by atoms with Crippen LogP contribution < -0.4 is 0 Å². The number of hydrogen-bond acceptors (Lipinski definition) is 3. The van der Waals surface area contributed by atoms with Crippen molar-refractivity contribution in [3.05, 3.63) is 12.7 Å². The third kappa shape index (κ3) is 6.62. The van der Waals surface area contributed by atoms with Crippen molar-refractivity contribution in [3.63, 3.8) is 0 Å². The van der Waals surface area contributed by atoms with E-state index in [1.807, 2.05) is 34.6 Å². The molecular formula is C13H24O3. The fraction of sp³-hybridized carbons (Fsp3) is 0.769. The number of carbonyl (C=O) groups is 1. The first-order valence-electron chi connectivity index (χ1n) is 5.72. The van der Waals surface area contributed by atoms with Crippen molar-refractivity contribution >= 4 is 5.97 Å². The quantitative estimate of drug-likeness (QED) is 0.517. The van der Waals surface area contributed by atoms with Crippen LogP contribution in [0.4, 0.5) is 0 Å². The molecule has 0 saturated carbocycles. The molecule has 16 heavy (non-hydrogen) atoms. The summed E-state index contributed by atoms with van der Waals surface area (Å²) in [7, 11) is 0. The van der Waals surface area contributed by atoms with Crippen molar-refractivity contribution in [3.8, 4) is 0 Å². The minimum atomic E-state index is -0.462. The van der Waals surface area contributed by atoms with E-state index in [0.717, 1.165) is 6.42 Å². The standard InChI is InChI=1S/C13H24O3/c1-7-11(14)16-13(6,8-2)9-10-15-12(3,4)5/h7H,1,8-10H2,2-6H3. The normalized spacial score (nSPS) is 15.3. The monoisotopic (exact) mass is 228 g/mol. The summed E-state index contributed by atoms with van der Waals surface area (Å²) in [5, 5.41) is 0. The Kier molecular flexibility index (Phi) is 5.73. The maximum Gasteiger partial charge on any atom is 0.330 e. The van der Waals surface area contributed by atoms with Crippen molar-refractivity contribution in [2.45, 2.75) is 58.7 Å². The second-order valence-electron chi connectivity index (χ2n) is 5.14. The lowest BCUT2D eigenvalue weighted by atomic mass is 9.99. The van der Waals surface area contributed by atoms with Gasteiger partial charge in [-0.1, -0.05) is 13.5 Å². The van der Waals surface area contributed by atoms with E-state index in [2.05, 4.69) is 6.58 Å². The van der Waals surface area contributed by atoms with Crippen LogP contribution in [0.15, 0.2) is 12.7 Å². The Hall–Kier alpha value is -0.830. The molecule has 3 heteroatoms. The fourth-order valence-corrected chi connectivity index (χ4v) is 1.16. The molecule has 3 nitrogen and oxygen atoms in total. The van der Waals surface area contributed by atoms with Gasteiger partial charge in [0.1, 0.15) is 5.60 Å². The van der Waals surface area contributed by atoms with Crippen LogP contribution in [0.3, 0.4) is 0 Å². The Balaban J connectivity index is 4.16. The molecule has 1 atom stereocenters. The van der Waals surface area contributed by atoms with E-state index < -0.39 is 5.60 Å². The molecule has 0 heterocycles. The fourth-order valence-electron chi connectivity index (χ4n) is 1.16. The minimum Gasteiger partial charge on any atom is -0.456 e. The first-order valence-corrected chi connectivity index (χ1v) is 5.72. The second-order valence-corrected chi connectivity index (χ2v) is 5.14. The summed E-state index contributed by atoms with van der Waals surface area (Å²) in [5.74, 6) is -0.375. The molecule has 0 amide bonds. The zero-order chi connectivity index (χ0) is 12.8. The predicted octanol–water partition coefficient (Wildman–Crippen LogP) is 3.09. The third-order valence-corrected chi connectivity index (χ3v) is 2.43. The number of ether oxygens (including phenoxy) is 2. The Bertz CT molecular complexity index is 240. The molecule has 0 aromatic rings. The molecule has 0 aromatic carbocycles. The lowest BCUT2D eigenvalue weighted by molar-refractivity contribution is -0.155. The van der Waals surface area contributed by atoms with E-state index in [9.17, 15) is 4.79 Å². The van der Waals surface area contributed by atoms with Gasteiger partial charge in [-0.05, 0) is 34.1 Å². The van der Waals surface area contributed by atoms with E-state index >= 15 is 0 Å². The van der Waals surface area contributed by atoms with Gasteiger partial charge >= 0.3 is 5.97 Å². The van der Waals surface area contributed by atoms with Crippen LogP contribution in [0.5, 0.6) is 0 Å². The maximum absolute atomic E-state index is 11.2. The van der Waals surface area contributed by atoms with Crippen molar-refractivity contribution < 1.29 is 14.3 Å². The van der Waals surface area contributed by atoms with E-state index in [1.54, 1.807) is 0 Å². The summed E-state index contributed by atoms with van der Waals surface area (Å²) < 4.78 is 10.9. The molecule has 0 aliphatic carbocycles. The number of hydrogen-bond donors (Lipinski definition) is 0. The Morgan fingerprint density at radius 1 is 1.31 bits per heavy atom. The minimum absolute atomic E-state index is 0.156. The van der Waals surface area contributed by atoms with Crippen LogP contribution in [0.2, 0.25) is 0 Å². The first-order chi connectivity index (χ1) is 7.22. The van der Waals surface area contributed by atoms with Gasteiger partial charge in [-0.2, -0.15) is 0 Å². The van der Waals surface area contributed by atoms with Crippen LogP contribution >= 0.6 is 0 Å². The summed E-state index contributed by atoms with van der Waals surface area (Å²) >= 11 is 0. The van der Waals surface area contributed by atoms with Crippen LogP contribution in [-0.2, 0) is 14.3 Å². The molecule has 0 rings (SSSR count). The molecule has 0 saturated heterocycles. The van der Waals surface area contributed by atoms with E-state index in [0.29, 0.717) is 13.0 Å². The third-order valence-electron chi connectivity index (χ3n) is 2.43.